The van der Waals surface area contributed by atoms with Crippen LogP contribution in [0.4, 0.5) is 0 Å². The lowest BCUT2D eigenvalue weighted by molar-refractivity contribution is 0.270. The van der Waals surface area contributed by atoms with E-state index >= 15 is 0 Å². The van der Waals surface area contributed by atoms with Gasteiger partial charge in [-0.1, -0.05) is 35.5 Å². The summed E-state index contributed by atoms with van der Waals surface area (Å²) in [6.45, 7) is 3.85. The van der Waals surface area contributed by atoms with Gasteiger partial charge in [0.1, 0.15) is 0 Å². The van der Waals surface area contributed by atoms with Crippen LogP contribution in [0, 0.1) is 0 Å². The molecule has 1 aliphatic rings. The molecule has 1 fully saturated rings. The summed E-state index contributed by atoms with van der Waals surface area (Å²) in [5, 5.41) is 7.14. The summed E-state index contributed by atoms with van der Waals surface area (Å²) in [4.78, 5) is 2.45. The van der Waals surface area contributed by atoms with Gasteiger partial charge in [0.2, 0.25) is 0 Å². The highest BCUT2D eigenvalue weighted by atomic mass is 16.5. The molecule has 0 saturated carbocycles. The molecule has 2 aromatic rings. The molecular formula is C16H21N3O. The first-order chi connectivity index (χ1) is 9.85. The van der Waals surface area contributed by atoms with Gasteiger partial charge in [-0.2, -0.15) is 0 Å². The molecule has 4 nitrogen and oxygen atoms in total. The molecule has 1 aromatic carbocycles. The fourth-order valence-corrected chi connectivity index (χ4v) is 2.89. The predicted octanol–water partition coefficient (Wildman–Crippen LogP) is 2.38. The van der Waals surface area contributed by atoms with Crippen molar-refractivity contribution in [1.82, 2.24) is 15.4 Å². The van der Waals surface area contributed by atoms with Crippen molar-refractivity contribution < 1.29 is 4.52 Å². The van der Waals surface area contributed by atoms with Crippen LogP contribution in [0.3, 0.4) is 0 Å². The van der Waals surface area contributed by atoms with Crippen molar-refractivity contribution in [2.75, 3.05) is 20.1 Å². The zero-order chi connectivity index (χ0) is 13.8. The van der Waals surface area contributed by atoms with Gasteiger partial charge in [0, 0.05) is 19.2 Å². The molecule has 20 heavy (non-hydrogen) atoms. The molecule has 1 aliphatic heterocycles. The largest absolute Gasteiger partial charge is 0.360 e. The maximum Gasteiger partial charge on any atom is 0.151 e. The number of likely N-dealkylation sites (tertiary alicyclic amines) is 1. The van der Waals surface area contributed by atoms with Gasteiger partial charge in [0.25, 0.3) is 0 Å². The van der Waals surface area contributed by atoms with E-state index in [0.29, 0.717) is 5.92 Å². The highest BCUT2D eigenvalue weighted by molar-refractivity contribution is 5.21. The van der Waals surface area contributed by atoms with Crippen molar-refractivity contribution in [3.8, 4) is 0 Å². The van der Waals surface area contributed by atoms with Gasteiger partial charge in [-0.05, 0) is 31.5 Å². The van der Waals surface area contributed by atoms with E-state index in [-0.39, 0.29) is 0 Å². The summed E-state index contributed by atoms with van der Waals surface area (Å²) in [6, 6.07) is 12.8. The summed E-state index contributed by atoms with van der Waals surface area (Å²) < 4.78 is 5.39. The third kappa shape index (κ3) is 3.08. The maximum atomic E-state index is 5.39. The Labute approximate surface area is 119 Å². The van der Waals surface area contributed by atoms with Gasteiger partial charge in [-0.3, -0.25) is 4.90 Å². The number of hydrogen-bond donors (Lipinski definition) is 1. The van der Waals surface area contributed by atoms with Gasteiger partial charge in [-0.15, -0.1) is 0 Å². The average Bonchev–Trinajstić information content (AvgIpc) is 3.11. The molecule has 1 aromatic heterocycles. The molecule has 0 spiro atoms. The zero-order valence-electron chi connectivity index (χ0n) is 11.9. The number of nitrogens with zero attached hydrogens (tertiary/aromatic N) is 2. The molecule has 0 amide bonds. The first kappa shape index (κ1) is 13.3. The Morgan fingerprint density at radius 2 is 2.20 bits per heavy atom. The molecule has 0 aliphatic carbocycles. The quantitative estimate of drug-likeness (QED) is 0.906. The van der Waals surface area contributed by atoms with Gasteiger partial charge in [0.15, 0.2) is 5.76 Å². The number of hydrogen-bond acceptors (Lipinski definition) is 4. The van der Waals surface area contributed by atoms with E-state index in [1.54, 1.807) is 0 Å². The monoisotopic (exact) mass is 271 g/mol. The zero-order valence-corrected chi connectivity index (χ0v) is 11.9. The highest BCUT2D eigenvalue weighted by Gasteiger charge is 2.24. The third-order valence-corrected chi connectivity index (χ3v) is 3.89. The second kappa shape index (κ2) is 6.20. The van der Waals surface area contributed by atoms with Crippen LogP contribution in [-0.4, -0.2) is 30.2 Å². The normalized spacial score (nSPS) is 19.6. The second-order valence-corrected chi connectivity index (χ2v) is 5.45. The molecule has 1 unspecified atom stereocenters. The van der Waals surface area contributed by atoms with Crippen LogP contribution in [0.25, 0.3) is 0 Å². The summed E-state index contributed by atoms with van der Waals surface area (Å²) >= 11 is 0. The number of nitrogens with one attached hydrogen (secondary N) is 1. The lowest BCUT2D eigenvalue weighted by atomic mass is 9.99. The van der Waals surface area contributed by atoms with Crippen molar-refractivity contribution in [3.63, 3.8) is 0 Å². The molecule has 0 bridgehead atoms. The predicted molar refractivity (Wildman–Crippen MR) is 78.3 cm³/mol. The molecule has 1 saturated heterocycles. The Bertz CT molecular complexity index is 538. The minimum atomic E-state index is 0.649. The fourth-order valence-electron chi connectivity index (χ4n) is 2.89. The fraction of sp³-hybridized carbons (Fsp3) is 0.438. The first-order valence-corrected chi connectivity index (χ1v) is 7.21. The SMILES string of the molecule is CNCc1cc(CN2CCC(c3ccccc3)C2)on1. The van der Waals surface area contributed by atoms with E-state index in [1.807, 2.05) is 13.1 Å². The highest BCUT2D eigenvalue weighted by Crippen LogP contribution is 2.27. The van der Waals surface area contributed by atoms with Crippen molar-refractivity contribution in [2.45, 2.75) is 25.4 Å². The topological polar surface area (TPSA) is 41.3 Å². The van der Waals surface area contributed by atoms with Crippen LogP contribution < -0.4 is 5.32 Å². The molecule has 2 heterocycles. The second-order valence-electron chi connectivity index (χ2n) is 5.45. The minimum Gasteiger partial charge on any atom is -0.360 e. The number of rotatable bonds is 5. The van der Waals surface area contributed by atoms with E-state index in [2.05, 4.69) is 45.7 Å². The van der Waals surface area contributed by atoms with Crippen LogP contribution in [-0.2, 0) is 13.1 Å². The van der Waals surface area contributed by atoms with Crippen molar-refractivity contribution in [1.29, 1.82) is 0 Å². The summed E-state index contributed by atoms with van der Waals surface area (Å²) in [6.07, 6.45) is 1.22. The lowest BCUT2D eigenvalue weighted by Crippen LogP contribution is -2.19. The summed E-state index contributed by atoms with van der Waals surface area (Å²) in [7, 11) is 1.92. The van der Waals surface area contributed by atoms with Crippen LogP contribution in [0.1, 0.15) is 29.4 Å². The molecule has 4 heteroatoms. The van der Waals surface area contributed by atoms with E-state index in [1.165, 1.54) is 12.0 Å². The summed E-state index contributed by atoms with van der Waals surface area (Å²) in [5.74, 6) is 1.61. The number of benzene rings is 1. The maximum absolute atomic E-state index is 5.39. The van der Waals surface area contributed by atoms with E-state index in [9.17, 15) is 0 Å². The summed E-state index contributed by atoms with van der Waals surface area (Å²) in [5.41, 5.74) is 2.42. The molecule has 106 valence electrons. The number of aromatic nitrogens is 1. The Morgan fingerprint density at radius 3 is 3.00 bits per heavy atom. The van der Waals surface area contributed by atoms with Crippen molar-refractivity contribution in [2.24, 2.45) is 0 Å². The van der Waals surface area contributed by atoms with E-state index in [0.717, 1.165) is 37.6 Å². The molecule has 1 atom stereocenters. The molecule has 0 radical (unpaired) electrons. The smallest absolute Gasteiger partial charge is 0.151 e. The van der Waals surface area contributed by atoms with Crippen molar-refractivity contribution in [3.05, 3.63) is 53.4 Å². The lowest BCUT2D eigenvalue weighted by Gasteiger charge is -2.14. The van der Waals surface area contributed by atoms with Gasteiger partial charge >= 0.3 is 0 Å². The van der Waals surface area contributed by atoms with Crippen molar-refractivity contribution >= 4 is 0 Å². The Morgan fingerprint density at radius 1 is 1.35 bits per heavy atom. The van der Waals surface area contributed by atoms with Gasteiger partial charge in [0.05, 0.1) is 12.2 Å². The standard InChI is InChI=1S/C16H21N3O/c1-17-10-15-9-16(20-18-15)12-19-8-7-14(11-19)13-5-3-2-4-6-13/h2-6,9,14,17H,7-8,10-12H2,1H3. The van der Waals surface area contributed by atoms with Gasteiger partial charge in [-0.25, -0.2) is 0 Å². The van der Waals surface area contributed by atoms with E-state index < -0.39 is 0 Å². The van der Waals surface area contributed by atoms with Crippen LogP contribution in [0.5, 0.6) is 0 Å². The Balaban J connectivity index is 1.57. The van der Waals surface area contributed by atoms with Crippen LogP contribution >= 0.6 is 0 Å². The minimum absolute atomic E-state index is 0.649. The Hall–Kier alpha value is -1.65. The average molecular weight is 271 g/mol. The first-order valence-electron chi connectivity index (χ1n) is 7.21. The Kier molecular flexibility index (Phi) is 4.14. The van der Waals surface area contributed by atoms with Gasteiger partial charge < -0.3 is 9.84 Å². The van der Waals surface area contributed by atoms with E-state index in [4.69, 9.17) is 4.52 Å². The third-order valence-electron chi connectivity index (χ3n) is 3.89. The molecule has 1 N–H and O–H groups in total. The van der Waals surface area contributed by atoms with Crippen LogP contribution in [0.15, 0.2) is 40.9 Å². The molecule has 3 rings (SSSR count). The molecular weight excluding hydrogens is 250 g/mol. The van der Waals surface area contributed by atoms with Crippen LogP contribution in [0.2, 0.25) is 0 Å².